The Morgan fingerprint density at radius 3 is 2.00 bits per heavy atom. The van der Waals surface area contributed by atoms with E-state index >= 15 is 0 Å². The topological polar surface area (TPSA) is 0 Å². The molecule has 0 saturated heterocycles. The molecule has 1 fully saturated rings. The summed E-state index contributed by atoms with van der Waals surface area (Å²) >= 11 is 0. The van der Waals surface area contributed by atoms with E-state index in [0.29, 0.717) is 0 Å². The third-order valence-corrected chi connectivity index (χ3v) is 3.88. The van der Waals surface area contributed by atoms with Crippen molar-refractivity contribution in [3.05, 3.63) is 49.1 Å². The van der Waals surface area contributed by atoms with E-state index in [1.165, 1.54) is 19.3 Å². The number of allylic oxidation sites excluding steroid dienone is 7. The fourth-order valence-electron chi connectivity index (χ4n) is 2.76. The summed E-state index contributed by atoms with van der Waals surface area (Å²) < 4.78 is 0. The minimum atomic E-state index is 0.972. The molecule has 0 aliphatic heterocycles. The van der Waals surface area contributed by atoms with E-state index in [2.05, 4.69) is 56.9 Å². The molecule has 3 aliphatic rings. The summed E-state index contributed by atoms with van der Waals surface area (Å²) in [6, 6.07) is 0. The van der Waals surface area contributed by atoms with Crippen molar-refractivity contribution in [2.24, 2.45) is 17.8 Å². The number of hydrogen-bond donors (Lipinski definition) is 0. The van der Waals surface area contributed by atoms with Gasteiger partial charge in [0.15, 0.2) is 0 Å². The standard InChI is InChI=1S/C9H14.C5H6.C4H8/c1-2-8-5-7-3-4-9(8)6-7;1-2-4-5-3-1;1-3-4-2/h3-4,7-9H,2,5-6H2,1H3;1-4H,5H2;3H,1,4H2,2H3. The first-order valence-corrected chi connectivity index (χ1v) is 7.42. The van der Waals surface area contributed by atoms with Gasteiger partial charge >= 0.3 is 0 Å². The Balaban J connectivity index is 0.000000154. The minimum absolute atomic E-state index is 0.972. The van der Waals surface area contributed by atoms with Gasteiger partial charge in [-0.1, -0.05) is 62.8 Å². The second-order valence-corrected chi connectivity index (χ2v) is 5.24. The smallest absolute Gasteiger partial charge is 0.0163 e. The molecule has 0 radical (unpaired) electrons. The summed E-state index contributed by atoms with van der Waals surface area (Å²) in [5.74, 6) is 2.99. The van der Waals surface area contributed by atoms with Crippen molar-refractivity contribution in [3.63, 3.8) is 0 Å². The lowest BCUT2D eigenvalue weighted by molar-refractivity contribution is 0.434. The van der Waals surface area contributed by atoms with Gasteiger partial charge < -0.3 is 0 Å². The van der Waals surface area contributed by atoms with Crippen LogP contribution in [0.1, 0.15) is 46.0 Å². The lowest BCUT2D eigenvalue weighted by Crippen LogP contribution is -2.04. The van der Waals surface area contributed by atoms with Crippen LogP contribution in [-0.2, 0) is 0 Å². The van der Waals surface area contributed by atoms with Crippen LogP contribution in [0.2, 0.25) is 0 Å². The second-order valence-electron chi connectivity index (χ2n) is 5.24. The van der Waals surface area contributed by atoms with Crippen LogP contribution in [0.25, 0.3) is 0 Å². The van der Waals surface area contributed by atoms with Crippen LogP contribution in [-0.4, -0.2) is 0 Å². The quantitative estimate of drug-likeness (QED) is 0.547. The van der Waals surface area contributed by atoms with Crippen LogP contribution in [0.5, 0.6) is 0 Å². The van der Waals surface area contributed by atoms with Gasteiger partial charge in [-0.2, -0.15) is 0 Å². The molecule has 0 aromatic carbocycles. The molecular weight excluding hydrogens is 216 g/mol. The number of fused-ring (bicyclic) bond motifs is 2. The number of hydrogen-bond acceptors (Lipinski definition) is 0. The van der Waals surface area contributed by atoms with E-state index in [0.717, 1.165) is 30.6 Å². The van der Waals surface area contributed by atoms with Gasteiger partial charge in [0.1, 0.15) is 0 Å². The summed E-state index contributed by atoms with van der Waals surface area (Å²) in [4.78, 5) is 0. The predicted octanol–water partition coefficient (Wildman–Crippen LogP) is 5.69. The first-order valence-electron chi connectivity index (χ1n) is 7.42. The summed E-state index contributed by atoms with van der Waals surface area (Å²) in [7, 11) is 0. The highest BCUT2D eigenvalue weighted by molar-refractivity contribution is 5.12. The van der Waals surface area contributed by atoms with Crippen LogP contribution < -0.4 is 0 Å². The van der Waals surface area contributed by atoms with Crippen molar-refractivity contribution in [2.45, 2.75) is 46.0 Å². The molecule has 0 heterocycles. The van der Waals surface area contributed by atoms with Crippen molar-refractivity contribution in [1.82, 2.24) is 0 Å². The van der Waals surface area contributed by atoms with Crippen LogP contribution in [0.15, 0.2) is 49.1 Å². The molecule has 1 saturated carbocycles. The van der Waals surface area contributed by atoms with Crippen molar-refractivity contribution < 1.29 is 0 Å². The van der Waals surface area contributed by atoms with E-state index < -0.39 is 0 Å². The van der Waals surface area contributed by atoms with E-state index in [-0.39, 0.29) is 0 Å². The molecule has 0 amide bonds. The highest BCUT2D eigenvalue weighted by atomic mass is 14.4. The Bertz CT molecular complexity index is 296. The molecule has 18 heavy (non-hydrogen) atoms. The van der Waals surface area contributed by atoms with Gasteiger partial charge in [-0.3, -0.25) is 0 Å². The molecule has 2 bridgehead atoms. The Hall–Kier alpha value is -1.04. The summed E-state index contributed by atoms with van der Waals surface area (Å²) in [6.45, 7) is 7.86. The lowest BCUT2D eigenvalue weighted by Gasteiger charge is -2.14. The average molecular weight is 244 g/mol. The van der Waals surface area contributed by atoms with Gasteiger partial charge in [0.25, 0.3) is 0 Å². The van der Waals surface area contributed by atoms with Crippen molar-refractivity contribution in [1.29, 1.82) is 0 Å². The maximum Gasteiger partial charge on any atom is -0.0163 e. The third-order valence-electron chi connectivity index (χ3n) is 3.88. The first-order chi connectivity index (χ1) is 8.81. The molecule has 3 rings (SSSR count). The second kappa shape index (κ2) is 8.97. The van der Waals surface area contributed by atoms with E-state index in [4.69, 9.17) is 0 Å². The van der Waals surface area contributed by atoms with Gasteiger partial charge in [0.2, 0.25) is 0 Å². The molecule has 3 atom stereocenters. The van der Waals surface area contributed by atoms with Gasteiger partial charge in [0, 0.05) is 0 Å². The van der Waals surface area contributed by atoms with Crippen LogP contribution in [0, 0.1) is 17.8 Å². The van der Waals surface area contributed by atoms with Gasteiger partial charge in [-0.05, 0) is 43.4 Å². The zero-order chi connectivity index (χ0) is 13.2. The first kappa shape index (κ1) is 15.0. The SMILES string of the molecule is C1=CCC=C1.C=CCC.CCC1CC2C=CC1C2. The fraction of sp³-hybridized carbons (Fsp3) is 0.556. The molecule has 0 spiro atoms. The molecular formula is C18H28. The summed E-state index contributed by atoms with van der Waals surface area (Å²) in [5.41, 5.74) is 0. The molecule has 100 valence electrons. The molecule has 0 aromatic heterocycles. The third kappa shape index (κ3) is 5.08. The summed E-state index contributed by atoms with van der Waals surface area (Å²) in [6.07, 6.45) is 21.7. The highest BCUT2D eigenvalue weighted by Gasteiger charge is 2.33. The van der Waals surface area contributed by atoms with E-state index in [1.807, 2.05) is 6.08 Å². The van der Waals surface area contributed by atoms with E-state index in [9.17, 15) is 0 Å². The highest BCUT2D eigenvalue weighted by Crippen LogP contribution is 2.44. The van der Waals surface area contributed by atoms with Gasteiger partial charge in [-0.25, -0.2) is 0 Å². The predicted molar refractivity (Wildman–Crippen MR) is 82.5 cm³/mol. The Morgan fingerprint density at radius 1 is 1.11 bits per heavy atom. The molecule has 0 heteroatoms. The Kier molecular flexibility index (Phi) is 7.48. The zero-order valence-electron chi connectivity index (χ0n) is 12.0. The van der Waals surface area contributed by atoms with Crippen molar-refractivity contribution in [2.75, 3.05) is 0 Å². The monoisotopic (exact) mass is 244 g/mol. The maximum atomic E-state index is 3.48. The van der Waals surface area contributed by atoms with Crippen molar-refractivity contribution >= 4 is 0 Å². The van der Waals surface area contributed by atoms with Gasteiger partial charge in [-0.15, -0.1) is 6.58 Å². The molecule has 3 unspecified atom stereocenters. The Labute approximate surface area is 113 Å². The summed E-state index contributed by atoms with van der Waals surface area (Å²) in [5, 5.41) is 0. The average Bonchev–Trinajstić information content (AvgIpc) is 3.16. The normalized spacial score (nSPS) is 29.6. The largest absolute Gasteiger partial charge is 0.103 e. The minimum Gasteiger partial charge on any atom is -0.103 e. The fourth-order valence-corrected chi connectivity index (χ4v) is 2.76. The molecule has 0 aromatic rings. The maximum absolute atomic E-state index is 3.48. The van der Waals surface area contributed by atoms with Crippen LogP contribution >= 0.6 is 0 Å². The van der Waals surface area contributed by atoms with E-state index in [1.54, 1.807) is 0 Å². The van der Waals surface area contributed by atoms with Crippen molar-refractivity contribution in [3.8, 4) is 0 Å². The molecule has 0 nitrogen and oxygen atoms in total. The van der Waals surface area contributed by atoms with Crippen LogP contribution in [0.3, 0.4) is 0 Å². The van der Waals surface area contributed by atoms with Crippen LogP contribution in [0.4, 0.5) is 0 Å². The lowest BCUT2D eigenvalue weighted by atomic mass is 9.91. The molecule has 0 N–H and O–H groups in total. The molecule has 3 aliphatic carbocycles. The zero-order valence-corrected chi connectivity index (χ0v) is 12.0. The Morgan fingerprint density at radius 2 is 1.78 bits per heavy atom. The number of rotatable bonds is 2. The van der Waals surface area contributed by atoms with Gasteiger partial charge in [0.05, 0.1) is 0 Å².